The first-order chi connectivity index (χ1) is 7.75. The standard InChI is InChI=1S/C12H15NO3/c14-11(9-3-4-9)8-13-12(15)6-5-10-2-1-7-16-10/h1-2,5-7,9,11,14H,3-4,8H2,(H,13,15). The van der Waals surface area contributed by atoms with Crippen molar-refractivity contribution in [3.8, 4) is 0 Å². The van der Waals surface area contributed by atoms with Crippen molar-refractivity contribution in [2.45, 2.75) is 18.9 Å². The Balaban J connectivity index is 1.71. The van der Waals surface area contributed by atoms with Gasteiger partial charge in [-0.15, -0.1) is 0 Å². The minimum Gasteiger partial charge on any atom is -0.465 e. The number of aliphatic hydroxyl groups excluding tert-OH is 1. The smallest absolute Gasteiger partial charge is 0.244 e. The number of hydrogen-bond donors (Lipinski definition) is 2. The summed E-state index contributed by atoms with van der Waals surface area (Å²) in [6, 6.07) is 3.53. The van der Waals surface area contributed by atoms with Crippen LogP contribution in [-0.4, -0.2) is 23.7 Å². The summed E-state index contributed by atoms with van der Waals surface area (Å²) in [5, 5.41) is 12.2. The van der Waals surface area contributed by atoms with Crippen molar-refractivity contribution in [1.29, 1.82) is 0 Å². The molecule has 0 aromatic carbocycles. The summed E-state index contributed by atoms with van der Waals surface area (Å²) < 4.78 is 5.04. The Morgan fingerprint density at radius 1 is 1.69 bits per heavy atom. The second kappa shape index (κ2) is 4.99. The Kier molecular flexibility index (Phi) is 3.41. The fourth-order valence-corrected chi connectivity index (χ4v) is 1.46. The third-order valence-corrected chi connectivity index (χ3v) is 2.59. The van der Waals surface area contributed by atoms with E-state index in [4.69, 9.17) is 4.42 Å². The second-order valence-corrected chi connectivity index (χ2v) is 4.00. The van der Waals surface area contributed by atoms with Crippen LogP contribution in [-0.2, 0) is 4.79 Å². The van der Waals surface area contributed by atoms with Gasteiger partial charge in [0.2, 0.25) is 5.91 Å². The van der Waals surface area contributed by atoms with E-state index in [1.807, 2.05) is 0 Å². The van der Waals surface area contributed by atoms with Crippen molar-refractivity contribution in [3.05, 3.63) is 30.2 Å². The molecule has 1 aromatic rings. The predicted molar refractivity (Wildman–Crippen MR) is 59.5 cm³/mol. The minimum atomic E-state index is -0.402. The summed E-state index contributed by atoms with van der Waals surface area (Å²) >= 11 is 0. The number of aliphatic hydroxyl groups is 1. The van der Waals surface area contributed by atoms with Crippen LogP contribution in [0.15, 0.2) is 28.9 Å². The topological polar surface area (TPSA) is 62.5 Å². The van der Waals surface area contributed by atoms with Gasteiger partial charge in [0, 0.05) is 12.6 Å². The molecular formula is C12H15NO3. The highest BCUT2D eigenvalue weighted by Crippen LogP contribution is 2.32. The molecule has 0 spiro atoms. The molecule has 1 aliphatic rings. The maximum absolute atomic E-state index is 11.3. The fourth-order valence-electron chi connectivity index (χ4n) is 1.46. The van der Waals surface area contributed by atoms with E-state index in [0.29, 0.717) is 18.2 Å². The second-order valence-electron chi connectivity index (χ2n) is 4.00. The first-order valence-corrected chi connectivity index (χ1v) is 5.43. The van der Waals surface area contributed by atoms with E-state index in [1.165, 1.54) is 6.08 Å². The summed E-state index contributed by atoms with van der Waals surface area (Å²) in [4.78, 5) is 11.3. The van der Waals surface area contributed by atoms with Crippen LogP contribution < -0.4 is 5.32 Å². The average molecular weight is 221 g/mol. The van der Waals surface area contributed by atoms with Gasteiger partial charge < -0.3 is 14.8 Å². The van der Waals surface area contributed by atoms with Gasteiger partial charge in [-0.2, -0.15) is 0 Å². The van der Waals surface area contributed by atoms with Crippen LogP contribution in [0.3, 0.4) is 0 Å². The molecule has 86 valence electrons. The molecule has 1 atom stereocenters. The Bertz CT molecular complexity index is 366. The Morgan fingerprint density at radius 3 is 3.12 bits per heavy atom. The Morgan fingerprint density at radius 2 is 2.50 bits per heavy atom. The zero-order chi connectivity index (χ0) is 11.4. The van der Waals surface area contributed by atoms with E-state index in [1.54, 1.807) is 24.5 Å². The molecule has 1 saturated carbocycles. The maximum Gasteiger partial charge on any atom is 0.244 e. The van der Waals surface area contributed by atoms with E-state index < -0.39 is 6.10 Å². The number of nitrogens with one attached hydrogen (secondary N) is 1. The highest BCUT2D eigenvalue weighted by atomic mass is 16.3. The summed E-state index contributed by atoms with van der Waals surface area (Å²) in [5.41, 5.74) is 0. The van der Waals surface area contributed by atoms with Crippen molar-refractivity contribution in [1.82, 2.24) is 5.32 Å². The fraction of sp³-hybridized carbons (Fsp3) is 0.417. The lowest BCUT2D eigenvalue weighted by molar-refractivity contribution is -0.116. The number of carbonyl (C=O) groups is 1. The van der Waals surface area contributed by atoms with Gasteiger partial charge in [0.1, 0.15) is 5.76 Å². The SMILES string of the molecule is O=C(C=Cc1ccco1)NCC(O)C1CC1. The van der Waals surface area contributed by atoms with Gasteiger partial charge in [-0.25, -0.2) is 0 Å². The number of carbonyl (C=O) groups excluding carboxylic acids is 1. The molecule has 0 bridgehead atoms. The van der Waals surface area contributed by atoms with E-state index in [2.05, 4.69) is 5.32 Å². The number of furan rings is 1. The summed E-state index contributed by atoms with van der Waals surface area (Å²) in [6.45, 7) is 0.325. The quantitative estimate of drug-likeness (QED) is 0.734. The van der Waals surface area contributed by atoms with Crippen molar-refractivity contribution in [2.75, 3.05) is 6.54 Å². The van der Waals surface area contributed by atoms with Crippen molar-refractivity contribution in [2.24, 2.45) is 5.92 Å². The van der Waals surface area contributed by atoms with Crippen molar-refractivity contribution in [3.63, 3.8) is 0 Å². The average Bonchev–Trinajstić information content (AvgIpc) is 3.01. The molecule has 4 nitrogen and oxygen atoms in total. The molecule has 1 amide bonds. The molecule has 1 unspecified atom stereocenters. The van der Waals surface area contributed by atoms with E-state index in [0.717, 1.165) is 12.8 Å². The predicted octanol–water partition coefficient (Wildman–Crippen LogP) is 1.18. The van der Waals surface area contributed by atoms with Crippen LogP contribution in [0.1, 0.15) is 18.6 Å². The molecule has 4 heteroatoms. The molecule has 1 heterocycles. The normalized spacial score (nSPS) is 17.6. The van der Waals surface area contributed by atoms with Gasteiger partial charge in [-0.1, -0.05) is 0 Å². The van der Waals surface area contributed by atoms with Crippen LogP contribution in [0.5, 0.6) is 0 Å². The summed E-state index contributed by atoms with van der Waals surface area (Å²) in [5.74, 6) is 0.809. The van der Waals surface area contributed by atoms with E-state index in [-0.39, 0.29) is 5.91 Å². The first kappa shape index (κ1) is 11.0. The highest BCUT2D eigenvalue weighted by molar-refractivity contribution is 5.91. The van der Waals surface area contributed by atoms with E-state index >= 15 is 0 Å². The molecule has 0 aliphatic heterocycles. The minimum absolute atomic E-state index is 0.212. The Labute approximate surface area is 94.0 Å². The molecule has 1 aromatic heterocycles. The third kappa shape index (κ3) is 3.24. The monoisotopic (exact) mass is 221 g/mol. The number of hydrogen-bond acceptors (Lipinski definition) is 3. The Hall–Kier alpha value is -1.55. The lowest BCUT2D eigenvalue weighted by Crippen LogP contribution is -2.31. The van der Waals surface area contributed by atoms with Crippen molar-refractivity contribution < 1.29 is 14.3 Å². The van der Waals surface area contributed by atoms with Crippen LogP contribution in [0, 0.1) is 5.92 Å². The molecular weight excluding hydrogens is 206 g/mol. The lowest BCUT2D eigenvalue weighted by Gasteiger charge is -2.08. The van der Waals surface area contributed by atoms with Crippen LogP contribution in [0.2, 0.25) is 0 Å². The maximum atomic E-state index is 11.3. The van der Waals surface area contributed by atoms with Gasteiger partial charge in [0.25, 0.3) is 0 Å². The number of amides is 1. The highest BCUT2D eigenvalue weighted by Gasteiger charge is 2.29. The molecule has 16 heavy (non-hydrogen) atoms. The van der Waals surface area contributed by atoms with E-state index in [9.17, 15) is 9.90 Å². The van der Waals surface area contributed by atoms with Crippen LogP contribution in [0.4, 0.5) is 0 Å². The molecule has 1 fully saturated rings. The summed E-state index contributed by atoms with van der Waals surface area (Å²) in [7, 11) is 0. The zero-order valence-electron chi connectivity index (χ0n) is 8.93. The van der Waals surface area contributed by atoms with Crippen LogP contribution in [0.25, 0.3) is 6.08 Å². The third-order valence-electron chi connectivity index (χ3n) is 2.59. The van der Waals surface area contributed by atoms with Gasteiger partial charge in [0.15, 0.2) is 0 Å². The largest absolute Gasteiger partial charge is 0.465 e. The van der Waals surface area contributed by atoms with Crippen LogP contribution >= 0.6 is 0 Å². The zero-order valence-corrected chi connectivity index (χ0v) is 8.93. The van der Waals surface area contributed by atoms with Gasteiger partial charge in [-0.05, 0) is 37.0 Å². The molecule has 0 saturated heterocycles. The van der Waals surface area contributed by atoms with Gasteiger partial charge >= 0.3 is 0 Å². The van der Waals surface area contributed by atoms with Gasteiger partial charge in [0.05, 0.1) is 12.4 Å². The molecule has 2 rings (SSSR count). The summed E-state index contributed by atoms with van der Waals surface area (Å²) in [6.07, 6.45) is 6.28. The van der Waals surface area contributed by atoms with Crippen molar-refractivity contribution >= 4 is 12.0 Å². The molecule has 2 N–H and O–H groups in total. The van der Waals surface area contributed by atoms with Gasteiger partial charge in [-0.3, -0.25) is 4.79 Å². The number of rotatable bonds is 5. The molecule has 0 radical (unpaired) electrons. The molecule has 1 aliphatic carbocycles. The lowest BCUT2D eigenvalue weighted by atomic mass is 10.2. The first-order valence-electron chi connectivity index (χ1n) is 5.43.